The summed E-state index contributed by atoms with van der Waals surface area (Å²) in [6, 6.07) is 0.520. The summed E-state index contributed by atoms with van der Waals surface area (Å²) in [7, 11) is 1.71. The van der Waals surface area contributed by atoms with Crippen LogP contribution >= 0.6 is 24.0 Å². The van der Waals surface area contributed by atoms with E-state index in [0.29, 0.717) is 25.2 Å². The van der Waals surface area contributed by atoms with E-state index in [1.54, 1.807) is 7.11 Å². The maximum absolute atomic E-state index is 5.71. The van der Waals surface area contributed by atoms with Crippen molar-refractivity contribution in [1.29, 1.82) is 0 Å². The standard InChI is InChI=1S/C20H40N4O2.HI/c1-5-21-20(22-14-18(3)23-9-6-17(2)7-10-23)24-11-8-19(15-24)16-26-13-12-25-4;/h17-19H,5-16H2,1-4H3,(H,21,22);1H. The Kier molecular flexibility index (Phi) is 12.9. The summed E-state index contributed by atoms with van der Waals surface area (Å²) >= 11 is 0. The number of guanidine groups is 1. The van der Waals surface area contributed by atoms with Gasteiger partial charge in [-0.2, -0.15) is 0 Å². The lowest BCUT2D eigenvalue weighted by Gasteiger charge is -2.34. The van der Waals surface area contributed by atoms with Crippen molar-refractivity contribution in [1.82, 2.24) is 15.1 Å². The van der Waals surface area contributed by atoms with Crippen molar-refractivity contribution in [2.75, 3.05) is 66.2 Å². The molecule has 0 bridgehead atoms. The van der Waals surface area contributed by atoms with Crippen LogP contribution < -0.4 is 5.32 Å². The van der Waals surface area contributed by atoms with E-state index in [2.05, 4.69) is 35.9 Å². The second-order valence-corrected chi connectivity index (χ2v) is 7.93. The highest BCUT2D eigenvalue weighted by molar-refractivity contribution is 14.0. The van der Waals surface area contributed by atoms with Crippen LogP contribution in [0.1, 0.15) is 40.0 Å². The third kappa shape index (κ3) is 8.83. The number of likely N-dealkylation sites (tertiary alicyclic amines) is 2. The van der Waals surface area contributed by atoms with E-state index < -0.39 is 0 Å². The fourth-order valence-corrected chi connectivity index (χ4v) is 3.78. The van der Waals surface area contributed by atoms with Gasteiger partial charge in [-0.15, -0.1) is 24.0 Å². The number of piperidine rings is 1. The van der Waals surface area contributed by atoms with Crippen LogP contribution in [0.25, 0.3) is 0 Å². The zero-order valence-electron chi connectivity index (χ0n) is 17.8. The molecule has 0 aliphatic carbocycles. The van der Waals surface area contributed by atoms with Gasteiger partial charge in [-0.1, -0.05) is 6.92 Å². The SMILES string of the molecule is CCNC(=NCC(C)N1CCC(C)CC1)N1CCC(COCCOC)C1.I. The monoisotopic (exact) mass is 496 g/mol. The average Bonchev–Trinajstić information content (AvgIpc) is 3.11. The molecular weight excluding hydrogens is 455 g/mol. The molecule has 2 saturated heterocycles. The van der Waals surface area contributed by atoms with E-state index in [1.807, 2.05) is 0 Å². The molecule has 1 N–H and O–H groups in total. The summed E-state index contributed by atoms with van der Waals surface area (Å²) in [5, 5.41) is 3.48. The first-order valence-corrected chi connectivity index (χ1v) is 10.5. The minimum absolute atomic E-state index is 0. The maximum Gasteiger partial charge on any atom is 0.193 e. The fourth-order valence-electron chi connectivity index (χ4n) is 3.78. The number of aliphatic imine (C=N–C) groups is 1. The van der Waals surface area contributed by atoms with Crippen molar-refractivity contribution >= 4 is 29.9 Å². The van der Waals surface area contributed by atoms with Crippen molar-refractivity contribution < 1.29 is 9.47 Å². The van der Waals surface area contributed by atoms with Gasteiger partial charge in [-0.05, 0) is 52.1 Å². The molecule has 0 aromatic carbocycles. The summed E-state index contributed by atoms with van der Waals surface area (Å²) < 4.78 is 10.8. The first-order valence-electron chi connectivity index (χ1n) is 10.5. The van der Waals surface area contributed by atoms with E-state index in [1.165, 1.54) is 32.4 Å². The van der Waals surface area contributed by atoms with Crippen LogP contribution in [0.2, 0.25) is 0 Å². The molecule has 0 amide bonds. The minimum Gasteiger partial charge on any atom is -0.382 e. The van der Waals surface area contributed by atoms with Crippen LogP contribution in [0.5, 0.6) is 0 Å². The fraction of sp³-hybridized carbons (Fsp3) is 0.950. The number of rotatable bonds is 9. The largest absolute Gasteiger partial charge is 0.382 e. The molecule has 2 aliphatic heterocycles. The second-order valence-electron chi connectivity index (χ2n) is 7.93. The second kappa shape index (κ2) is 14.0. The molecule has 0 radical (unpaired) electrons. The highest BCUT2D eigenvalue weighted by Gasteiger charge is 2.25. The Bertz CT molecular complexity index is 417. The Labute approximate surface area is 183 Å². The maximum atomic E-state index is 5.71. The number of ether oxygens (including phenoxy) is 2. The van der Waals surface area contributed by atoms with Crippen LogP contribution in [-0.4, -0.2) is 88.0 Å². The Morgan fingerprint density at radius 2 is 1.93 bits per heavy atom. The van der Waals surface area contributed by atoms with Crippen molar-refractivity contribution in [3.63, 3.8) is 0 Å². The normalized spacial score (nSPS) is 23.3. The van der Waals surface area contributed by atoms with Crippen LogP contribution in [0.4, 0.5) is 0 Å². The molecule has 2 aliphatic rings. The van der Waals surface area contributed by atoms with E-state index in [9.17, 15) is 0 Å². The summed E-state index contributed by atoms with van der Waals surface area (Å²) in [6.45, 7) is 15.4. The molecule has 2 heterocycles. The third-order valence-corrected chi connectivity index (χ3v) is 5.65. The molecule has 2 rings (SSSR count). The Morgan fingerprint density at radius 3 is 2.59 bits per heavy atom. The summed E-state index contributed by atoms with van der Waals surface area (Å²) in [4.78, 5) is 9.97. The first kappa shape index (κ1) is 24.9. The molecule has 2 fully saturated rings. The van der Waals surface area contributed by atoms with Crippen molar-refractivity contribution in [2.45, 2.75) is 46.1 Å². The lowest BCUT2D eigenvalue weighted by Crippen LogP contribution is -2.43. The molecule has 0 spiro atoms. The van der Waals surface area contributed by atoms with Gasteiger partial charge in [0.1, 0.15) is 0 Å². The van der Waals surface area contributed by atoms with Crippen LogP contribution in [0.15, 0.2) is 4.99 Å². The third-order valence-electron chi connectivity index (χ3n) is 5.65. The van der Waals surface area contributed by atoms with Crippen molar-refractivity contribution in [3.05, 3.63) is 0 Å². The van der Waals surface area contributed by atoms with Gasteiger partial charge in [0, 0.05) is 38.7 Å². The number of hydrogen-bond donors (Lipinski definition) is 1. The van der Waals surface area contributed by atoms with E-state index >= 15 is 0 Å². The Hall–Kier alpha value is -0.120. The molecule has 7 heteroatoms. The van der Waals surface area contributed by atoms with Gasteiger partial charge in [-0.3, -0.25) is 9.89 Å². The van der Waals surface area contributed by atoms with Gasteiger partial charge in [0.15, 0.2) is 5.96 Å². The number of halogens is 1. The Morgan fingerprint density at radius 1 is 1.19 bits per heavy atom. The average molecular weight is 496 g/mol. The summed E-state index contributed by atoms with van der Waals surface area (Å²) in [5.41, 5.74) is 0. The van der Waals surface area contributed by atoms with E-state index in [4.69, 9.17) is 14.5 Å². The number of methoxy groups -OCH3 is 1. The molecule has 27 heavy (non-hydrogen) atoms. The molecule has 2 unspecified atom stereocenters. The van der Waals surface area contributed by atoms with E-state index in [-0.39, 0.29) is 24.0 Å². The molecule has 0 saturated carbocycles. The van der Waals surface area contributed by atoms with Gasteiger partial charge < -0.3 is 19.7 Å². The smallest absolute Gasteiger partial charge is 0.193 e. The van der Waals surface area contributed by atoms with Crippen LogP contribution in [-0.2, 0) is 9.47 Å². The molecule has 0 aromatic rings. The van der Waals surface area contributed by atoms with Gasteiger partial charge in [-0.25, -0.2) is 0 Å². The molecule has 160 valence electrons. The number of nitrogens with zero attached hydrogens (tertiary/aromatic N) is 3. The molecular formula is C20H41IN4O2. The predicted molar refractivity (Wildman–Crippen MR) is 123 cm³/mol. The first-order chi connectivity index (χ1) is 12.6. The lowest BCUT2D eigenvalue weighted by molar-refractivity contribution is 0.0536. The van der Waals surface area contributed by atoms with Gasteiger partial charge in [0.25, 0.3) is 0 Å². The zero-order chi connectivity index (χ0) is 18.8. The van der Waals surface area contributed by atoms with Crippen LogP contribution in [0, 0.1) is 11.8 Å². The number of hydrogen-bond acceptors (Lipinski definition) is 4. The van der Waals surface area contributed by atoms with Gasteiger partial charge >= 0.3 is 0 Å². The Balaban J connectivity index is 0.00000364. The highest BCUT2D eigenvalue weighted by atomic mass is 127. The highest BCUT2D eigenvalue weighted by Crippen LogP contribution is 2.19. The lowest BCUT2D eigenvalue weighted by atomic mass is 9.98. The van der Waals surface area contributed by atoms with Gasteiger partial charge in [0.05, 0.1) is 26.4 Å². The summed E-state index contributed by atoms with van der Waals surface area (Å²) in [6.07, 6.45) is 3.83. The minimum atomic E-state index is 0. The zero-order valence-corrected chi connectivity index (χ0v) is 20.1. The predicted octanol–water partition coefficient (Wildman–Crippen LogP) is 2.68. The summed E-state index contributed by atoms with van der Waals surface area (Å²) in [5.74, 6) is 2.55. The topological polar surface area (TPSA) is 49.3 Å². The van der Waals surface area contributed by atoms with Crippen molar-refractivity contribution in [2.24, 2.45) is 16.8 Å². The molecule has 2 atom stereocenters. The molecule has 6 nitrogen and oxygen atoms in total. The quantitative estimate of drug-likeness (QED) is 0.230. The van der Waals surface area contributed by atoms with E-state index in [0.717, 1.165) is 44.7 Å². The van der Waals surface area contributed by atoms with Crippen LogP contribution in [0.3, 0.4) is 0 Å². The van der Waals surface area contributed by atoms with Gasteiger partial charge in [0.2, 0.25) is 0 Å². The molecule has 0 aromatic heterocycles. The van der Waals surface area contributed by atoms with Crippen molar-refractivity contribution in [3.8, 4) is 0 Å². The number of nitrogens with one attached hydrogen (secondary N) is 1.